The second kappa shape index (κ2) is 9.72. The largest absolute Gasteiger partial charge is 0.494 e. The molecule has 2 rings (SSSR count). The van der Waals surface area contributed by atoms with Gasteiger partial charge in [-0.3, -0.25) is 9.59 Å². The van der Waals surface area contributed by atoms with E-state index in [9.17, 15) is 14.4 Å². The van der Waals surface area contributed by atoms with Crippen molar-refractivity contribution in [3.8, 4) is 5.75 Å². The molecule has 1 amide bonds. The molecule has 138 valence electrons. The first kappa shape index (κ1) is 19.7. The van der Waals surface area contributed by atoms with Gasteiger partial charge in [0.25, 0.3) is 0 Å². The average Bonchev–Trinajstić information content (AvgIpc) is 3.12. The number of carbonyl (C=O) groups is 3. The number of benzene rings is 1. The maximum atomic E-state index is 12.1. The van der Waals surface area contributed by atoms with Crippen molar-refractivity contribution in [1.82, 2.24) is 5.32 Å². The number of amides is 1. The van der Waals surface area contributed by atoms with Crippen molar-refractivity contribution in [2.45, 2.75) is 32.7 Å². The summed E-state index contributed by atoms with van der Waals surface area (Å²) in [7, 11) is 0. The van der Waals surface area contributed by atoms with Crippen LogP contribution in [0, 0.1) is 0 Å². The van der Waals surface area contributed by atoms with Gasteiger partial charge in [-0.25, -0.2) is 4.79 Å². The van der Waals surface area contributed by atoms with Crippen molar-refractivity contribution >= 4 is 29.0 Å². The van der Waals surface area contributed by atoms with Crippen LogP contribution in [0.3, 0.4) is 0 Å². The molecule has 0 atom stereocenters. The normalized spacial score (nSPS) is 10.3. The van der Waals surface area contributed by atoms with E-state index in [0.29, 0.717) is 12.2 Å². The summed E-state index contributed by atoms with van der Waals surface area (Å²) in [6.45, 7) is 2.91. The molecule has 0 bridgehead atoms. The molecule has 26 heavy (non-hydrogen) atoms. The first-order valence-corrected chi connectivity index (χ1v) is 9.16. The Labute approximate surface area is 155 Å². The van der Waals surface area contributed by atoms with Crippen LogP contribution in [0.25, 0.3) is 0 Å². The number of aromatic carboxylic acids is 1. The van der Waals surface area contributed by atoms with Crippen LogP contribution in [0.2, 0.25) is 0 Å². The van der Waals surface area contributed by atoms with Crippen LogP contribution in [-0.2, 0) is 11.3 Å². The van der Waals surface area contributed by atoms with Gasteiger partial charge in [0, 0.05) is 23.3 Å². The number of carboxylic acids is 1. The predicted octanol–water partition coefficient (Wildman–Crippen LogP) is 3.51. The molecule has 1 heterocycles. The van der Waals surface area contributed by atoms with Gasteiger partial charge < -0.3 is 15.2 Å². The summed E-state index contributed by atoms with van der Waals surface area (Å²) in [5.74, 6) is -0.611. The number of Topliss-reactive ketones (excluding diaryl/α,β-unsaturated/α-hetero) is 1. The maximum absolute atomic E-state index is 12.1. The minimum absolute atomic E-state index is 0.0874. The minimum Gasteiger partial charge on any atom is -0.494 e. The summed E-state index contributed by atoms with van der Waals surface area (Å²) < 4.78 is 5.47. The van der Waals surface area contributed by atoms with E-state index in [-0.39, 0.29) is 36.0 Å². The number of carbonyl (C=O) groups excluding carboxylic acids is 2. The fourth-order valence-electron chi connectivity index (χ4n) is 2.19. The Morgan fingerprint density at radius 1 is 1.08 bits per heavy atom. The smallest absolute Gasteiger partial charge is 0.345 e. The Balaban J connectivity index is 1.75. The van der Waals surface area contributed by atoms with Gasteiger partial charge in [-0.2, -0.15) is 0 Å². The quantitative estimate of drug-likeness (QED) is 0.620. The third-order valence-electron chi connectivity index (χ3n) is 3.56. The fourth-order valence-corrected chi connectivity index (χ4v) is 2.98. The van der Waals surface area contributed by atoms with E-state index in [1.807, 2.05) is 6.92 Å². The van der Waals surface area contributed by atoms with Gasteiger partial charge in [0.2, 0.25) is 5.91 Å². The first-order chi connectivity index (χ1) is 12.5. The van der Waals surface area contributed by atoms with Gasteiger partial charge in [-0.15, -0.1) is 11.3 Å². The summed E-state index contributed by atoms with van der Waals surface area (Å²) in [6, 6.07) is 10.1. The molecule has 0 saturated carbocycles. The minimum atomic E-state index is -0.982. The number of carboxylic acid groups (broad SMARTS) is 1. The zero-order valence-corrected chi connectivity index (χ0v) is 15.3. The molecule has 1 aromatic heterocycles. The van der Waals surface area contributed by atoms with E-state index < -0.39 is 5.97 Å². The van der Waals surface area contributed by atoms with Gasteiger partial charge >= 0.3 is 5.97 Å². The molecule has 2 aromatic rings. The lowest BCUT2D eigenvalue weighted by Gasteiger charge is -2.06. The molecule has 1 aromatic carbocycles. The summed E-state index contributed by atoms with van der Waals surface area (Å²) in [5, 5.41) is 11.6. The molecular formula is C19H21NO5S. The Morgan fingerprint density at radius 3 is 2.42 bits per heavy atom. The van der Waals surface area contributed by atoms with Gasteiger partial charge in [0.05, 0.1) is 13.2 Å². The number of ether oxygens (including phenoxy) is 1. The Morgan fingerprint density at radius 2 is 1.81 bits per heavy atom. The molecule has 0 unspecified atom stereocenters. The third kappa shape index (κ3) is 6.00. The lowest BCUT2D eigenvalue weighted by atomic mass is 10.1. The highest BCUT2D eigenvalue weighted by Gasteiger charge is 2.11. The molecule has 2 N–H and O–H groups in total. The van der Waals surface area contributed by atoms with Crippen LogP contribution < -0.4 is 10.1 Å². The molecule has 0 aliphatic rings. The Bertz CT molecular complexity index is 766. The number of ketones is 1. The summed E-state index contributed by atoms with van der Waals surface area (Å²) >= 11 is 1.12. The summed E-state index contributed by atoms with van der Waals surface area (Å²) in [6.07, 6.45) is 1.12. The molecule has 0 saturated heterocycles. The summed E-state index contributed by atoms with van der Waals surface area (Å²) in [5.41, 5.74) is 0.547. The molecule has 0 radical (unpaired) electrons. The van der Waals surface area contributed by atoms with Gasteiger partial charge in [-0.1, -0.05) is 6.92 Å². The van der Waals surface area contributed by atoms with Crippen molar-refractivity contribution < 1.29 is 24.2 Å². The second-order valence-corrected chi connectivity index (χ2v) is 6.81. The topological polar surface area (TPSA) is 92.7 Å². The summed E-state index contributed by atoms with van der Waals surface area (Å²) in [4.78, 5) is 35.8. The average molecular weight is 375 g/mol. The molecule has 0 fully saturated rings. The number of nitrogens with one attached hydrogen (secondary N) is 1. The van der Waals surface area contributed by atoms with Crippen molar-refractivity contribution in [3.63, 3.8) is 0 Å². The van der Waals surface area contributed by atoms with E-state index in [4.69, 9.17) is 9.84 Å². The Kier molecular flexibility index (Phi) is 7.35. The van der Waals surface area contributed by atoms with Crippen LogP contribution in [0.15, 0.2) is 36.4 Å². The van der Waals surface area contributed by atoms with Crippen LogP contribution in [0.1, 0.15) is 51.1 Å². The van der Waals surface area contributed by atoms with Crippen molar-refractivity contribution in [2.24, 2.45) is 0 Å². The van der Waals surface area contributed by atoms with Crippen LogP contribution in [-0.4, -0.2) is 29.4 Å². The van der Waals surface area contributed by atoms with Crippen LogP contribution >= 0.6 is 11.3 Å². The zero-order chi connectivity index (χ0) is 18.9. The Hall–Kier alpha value is -2.67. The highest BCUT2D eigenvalue weighted by molar-refractivity contribution is 7.13. The van der Waals surface area contributed by atoms with Crippen LogP contribution in [0.5, 0.6) is 5.75 Å². The highest BCUT2D eigenvalue weighted by Crippen LogP contribution is 2.16. The van der Waals surface area contributed by atoms with E-state index in [1.165, 1.54) is 6.07 Å². The molecule has 0 aliphatic carbocycles. The van der Waals surface area contributed by atoms with E-state index in [1.54, 1.807) is 30.3 Å². The SMILES string of the molecule is CCCOc1ccc(C(=O)CCC(=O)NCc2ccc(C(=O)O)s2)cc1. The lowest BCUT2D eigenvalue weighted by Crippen LogP contribution is -2.22. The standard InChI is InChI=1S/C19H21NO5S/c1-2-11-25-14-5-3-13(4-6-14)16(21)8-10-18(22)20-12-15-7-9-17(26-15)19(23)24/h3-7,9H,2,8,10-12H2,1H3,(H,20,22)(H,23,24). The third-order valence-corrected chi connectivity index (χ3v) is 4.63. The fraction of sp³-hybridized carbons (Fsp3) is 0.316. The van der Waals surface area contributed by atoms with E-state index in [2.05, 4.69) is 5.32 Å². The number of hydrogen-bond acceptors (Lipinski definition) is 5. The maximum Gasteiger partial charge on any atom is 0.345 e. The molecule has 0 aliphatic heterocycles. The second-order valence-electron chi connectivity index (χ2n) is 5.64. The highest BCUT2D eigenvalue weighted by atomic mass is 32.1. The van der Waals surface area contributed by atoms with Gasteiger partial charge in [0.15, 0.2) is 5.78 Å². The molecule has 0 spiro atoms. The van der Waals surface area contributed by atoms with Crippen molar-refractivity contribution in [3.05, 3.63) is 51.7 Å². The monoisotopic (exact) mass is 375 g/mol. The van der Waals surface area contributed by atoms with Crippen molar-refractivity contribution in [1.29, 1.82) is 0 Å². The van der Waals surface area contributed by atoms with Gasteiger partial charge in [0.1, 0.15) is 10.6 Å². The number of thiophene rings is 1. The van der Waals surface area contributed by atoms with E-state index >= 15 is 0 Å². The van der Waals surface area contributed by atoms with E-state index in [0.717, 1.165) is 28.4 Å². The van der Waals surface area contributed by atoms with Gasteiger partial charge in [-0.05, 0) is 42.8 Å². The predicted molar refractivity (Wildman–Crippen MR) is 98.9 cm³/mol. The lowest BCUT2D eigenvalue weighted by molar-refractivity contribution is -0.121. The van der Waals surface area contributed by atoms with Crippen molar-refractivity contribution in [2.75, 3.05) is 6.61 Å². The molecule has 7 heteroatoms. The number of hydrogen-bond donors (Lipinski definition) is 2. The zero-order valence-electron chi connectivity index (χ0n) is 14.5. The number of rotatable bonds is 10. The molecular weight excluding hydrogens is 354 g/mol. The van der Waals surface area contributed by atoms with Crippen LogP contribution in [0.4, 0.5) is 0 Å². The molecule has 6 nitrogen and oxygen atoms in total. The first-order valence-electron chi connectivity index (χ1n) is 8.34.